The molecule has 2 aromatic rings. The maximum Gasteiger partial charge on any atom is 0.325 e. The Morgan fingerprint density at radius 1 is 0.929 bits per heavy atom. The maximum atomic E-state index is 11.9. The predicted molar refractivity (Wildman–Crippen MR) is 104 cm³/mol. The average Bonchev–Trinajstić information content (AvgIpc) is 2.67. The molecule has 0 radical (unpaired) electrons. The van der Waals surface area contributed by atoms with Gasteiger partial charge in [0.15, 0.2) is 12.4 Å². The normalized spacial score (nSPS) is 10.1. The van der Waals surface area contributed by atoms with E-state index in [-0.39, 0.29) is 18.6 Å². The first kappa shape index (κ1) is 20.8. The molecule has 0 unspecified atom stereocenters. The van der Waals surface area contributed by atoms with Gasteiger partial charge in [0, 0.05) is 17.7 Å². The van der Waals surface area contributed by atoms with Crippen molar-refractivity contribution < 1.29 is 23.9 Å². The highest BCUT2D eigenvalue weighted by Gasteiger charge is 2.14. The number of nitrogens with one attached hydrogen (secondary N) is 2. The molecule has 0 heterocycles. The third kappa shape index (κ3) is 6.68. The van der Waals surface area contributed by atoms with Crippen LogP contribution < -0.4 is 10.6 Å². The van der Waals surface area contributed by atoms with Crippen LogP contribution in [0.2, 0.25) is 0 Å². The molecule has 0 aliphatic carbocycles. The van der Waals surface area contributed by atoms with Gasteiger partial charge < -0.3 is 10.1 Å². The minimum Gasteiger partial charge on any atom is -0.456 e. The van der Waals surface area contributed by atoms with E-state index in [1.807, 2.05) is 26.0 Å². The van der Waals surface area contributed by atoms with Crippen molar-refractivity contribution in [2.45, 2.75) is 26.7 Å². The van der Waals surface area contributed by atoms with Crippen LogP contribution in [0.15, 0.2) is 48.5 Å². The van der Waals surface area contributed by atoms with Gasteiger partial charge in [0.05, 0.1) is 6.42 Å². The number of hydrogen-bond acceptors (Lipinski definition) is 5. The van der Waals surface area contributed by atoms with Gasteiger partial charge in [0.1, 0.15) is 0 Å². The molecular formula is C21H22N2O5. The smallest absolute Gasteiger partial charge is 0.325 e. The Morgan fingerprint density at radius 3 is 2.32 bits per heavy atom. The van der Waals surface area contributed by atoms with Crippen LogP contribution in [0.1, 0.15) is 34.3 Å². The molecule has 0 aliphatic heterocycles. The first-order valence-corrected chi connectivity index (χ1v) is 8.77. The number of esters is 1. The van der Waals surface area contributed by atoms with Crippen LogP contribution in [0, 0.1) is 13.8 Å². The zero-order chi connectivity index (χ0) is 20.5. The second-order valence-electron chi connectivity index (χ2n) is 6.27. The highest BCUT2D eigenvalue weighted by Crippen LogP contribution is 2.15. The summed E-state index contributed by atoms with van der Waals surface area (Å²) in [6.07, 6.45) is -0.159. The van der Waals surface area contributed by atoms with Gasteiger partial charge in [-0.25, -0.2) is 4.79 Å². The minimum atomic E-state index is -0.759. The van der Waals surface area contributed by atoms with Crippen molar-refractivity contribution in [3.63, 3.8) is 0 Å². The van der Waals surface area contributed by atoms with Crippen molar-refractivity contribution in [3.8, 4) is 0 Å². The number of carbonyl (C=O) groups excluding carboxylic acids is 4. The Bertz CT molecular complexity index is 878. The first-order valence-electron chi connectivity index (χ1n) is 8.77. The molecule has 146 valence electrons. The fourth-order valence-electron chi connectivity index (χ4n) is 2.47. The third-order valence-corrected chi connectivity index (χ3v) is 3.90. The molecule has 0 aliphatic rings. The summed E-state index contributed by atoms with van der Waals surface area (Å²) in [5.74, 6) is -1.63. The number of ether oxygens (including phenoxy) is 1. The van der Waals surface area contributed by atoms with Crippen molar-refractivity contribution in [2.24, 2.45) is 0 Å². The van der Waals surface area contributed by atoms with Crippen LogP contribution in [0.3, 0.4) is 0 Å². The zero-order valence-corrected chi connectivity index (χ0v) is 15.8. The van der Waals surface area contributed by atoms with Gasteiger partial charge in [0.25, 0.3) is 5.91 Å². The molecule has 2 aromatic carbocycles. The third-order valence-electron chi connectivity index (χ3n) is 3.90. The van der Waals surface area contributed by atoms with Gasteiger partial charge in [-0.15, -0.1) is 0 Å². The summed E-state index contributed by atoms with van der Waals surface area (Å²) in [6.45, 7) is 3.17. The van der Waals surface area contributed by atoms with Crippen LogP contribution in [0.5, 0.6) is 0 Å². The summed E-state index contributed by atoms with van der Waals surface area (Å²) in [7, 11) is 0. The van der Waals surface area contributed by atoms with Gasteiger partial charge in [-0.05, 0) is 25.5 Å². The molecule has 0 saturated carbocycles. The van der Waals surface area contributed by atoms with Gasteiger partial charge in [-0.1, -0.05) is 48.0 Å². The number of rotatable bonds is 7. The molecule has 0 atom stereocenters. The highest BCUT2D eigenvalue weighted by molar-refractivity contribution is 6.02. The Labute approximate surface area is 163 Å². The topological polar surface area (TPSA) is 102 Å². The predicted octanol–water partition coefficient (Wildman–Crippen LogP) is 3.16. The van der Waals surface area contributed by atoms with E-state index in [4.69, 9.17) is 4.74 Å². The molecule has 0 aromatic heterocycles. The van der Waals surface area contributed by atoms with Crippen LogP contribution in [-0.2, 0) is 14.3 Å². The van der Waals surface area contributed by atoms with E-state index in [2.05, 4.69) is 10.6 Å². The standard InChI is InChI=1S/C21H22N2O5/c1-14-8-9-17(15(2)12-14)22-21(27)23-19(25)13-28-20(26)11-10-18(24)16-6-4-3-5-7-16/h3-9,12H,10-11,13H2,1-2H3,(H2,22,23,25,27). The van der Waals surface area contributed by atoms with Crippen molar-refractivity contribution in [1.29, 1.82) is 0 Å². The number of carbonyl (C=O) groups is 4. The molecule has 3 amide bonds. The lowest BCUT2D eigenvalue weighted by Crippen LogP contribution is -2.37. The maximum absolute atomic E-state index is 11.9. The first-order chi connectivity index (χ1) is 13.3. The summed E-state index contributed by atoms with van der Waals surface area (Å²) in [5.41, 5.74) is 3.00. The minimum absolute atomic E-state index is 0.0162. The molecule has 0 bridgehead atoms. The lowest BCUT2D eigenvalue weighted by molar-refractivity contribution is -0.148. The van der Waals surface area contributed by atoms with Crippen molar-refractivity contribution in [1.82, 2.24) is 5.32 Å². The lowest BCUT2D eigenvalue weighted by Gasteiger charge is -2.10. The van der Waals surface area contributed by atoms with Crippen molar-refractivity contribution in [3.05, 3.63) is 65.2 Å². The van der Waals surface area contributed by atoms with Gasteiger partial charge in [-0.3, -0.25) is 19.7 Å². The Morgan fingerprint density at radius 2 is 1.64 bits per heavy atom. The molecule has 7 nitrogen and oxygen atoms in total. The van der Waals surface area contributed by atoms with Crippen LogP contribution in [0.4, 0.5) is 10.5 Å². The molecule has 0 fully saturated rings. The van der Waals surface area contributed by atoms with E-state index in [0.29, 0.717) is 11.3 Å². The van der Waals surface area contributed by atoms with E-state index in [1.165, 1.54) is 0 Å². The van der Waals surface area contributed by atoms with E-state index in [0.717, 1.165) is 11.1 Å². The zero-order valence-electron chi connectivity index (χ0n) is 15.8. The monoisotopic (exact) mass is 382 g/mol. The Hall–Kier alpha value is -3.48. The number of aryl methyl sites for hydroxylation is 2. The number of benzene rings is 2. The van der Waals surface area contributed by atoms with E-state index in [9.17, 15) is 19.2 Å². The largest absolute Gasteiger partial charge is 0.456 e. The van der Waals surface area contributed by atoms with Crippen molar-refractivity contribution >= 4 is 29.4 Å². The number of hydrogen-bond donors (Lipinski definition) is 2. The van der Waals surface area contributed by atoms with E-state index < -0.39 is 24.5 Å². The summed E-state index contributed by atoms with van der Waals surface area (Å²) < 4.78 is 4.80. The summed E-state index contributed by atoms with van der Waals surface area (Å²) in [5, 5.41) is 4.64. The number of imide groups is 1. The van der Waals surface area contributed by atoms with E-state index >= 15 is 0 Å². The van der Waals surface area contributed by atoms with Gasteiger partial charge in [-0.2, -0.15) is 0 Å². The Balaban J connectivity index is 1.70. The number of amides is 3. The van der Waals surface area contributed by atoms with Crippen LogP contribution >= 0.6 is 0 Å². The fraction of sp³-hybridized carbons (Fsp3) is 0.238. The highest BCUT2D eigenvalue weighted by atomic mass is 16.5. The van der Waals surface area contributed by atoms with E-state index in [1.54, 1.807) is 36.4 Å². The molecule has 0 saturated heterocycles. The molecule has 2 N–H and O–H groups in total. The molecule has 2 rings (SSSR count). The lowest BCUT2D eigenvalue weighted by atomic mass is 10.1. The average molecular weight is 382 g/mol. The summed E-state index contributed by atoms with van der Waals surface area (Å²) in [6, 6.07) is 13.3. The van der Waals surface area contributed by atoms with Crippen LogP contribution in [0.25, 0.3) is 0 Å². The van der Waals surface area contributed by atoms with Gasteiger partial charge in [0.2, 0.25) is 0 Å². The molecule has 7 heteroatoms. The summed E-state index contributed by atoms with van der Waals surface area (Å²) in [4.78, 5) is 47.2. The summed E-state index contributed by atoms with van der Waals surface area (Å²) >= 11 is 0. The molecule has 0 spiro atoms. The SMILES string of the molecule is Cc1ccc(NC(=O)NC(=O)COC(=O)CCC(=O)c2ccccc2)c(C)c1. The van der Waals surface area contributed by atoms with Crippen LogP contribution in [-0.4, -0.2) is 30.3 Å². The number of Topliss-reactive ketones (excluding diaryl/α,β-unsaturated/α-hetero) is 1. The number of anilines is 1. The molecule has 28 heavy (non-hydrogen) atoms. The fourth-order valence-corrected chi connectivity index (χ4v) is 2.47. The number of ketones is 1. The quantitative estimate of drug-likeness (QED) is 0.566. The second kappa shape index (κ2) is 10.0. The number of urea groups is 1. The molecular weight excluding hydrogens is 360 g/mol. The Kier molecular flexibility index (Phi) is 7.45. The second-order valence-corrected chi connectivity index (χ2v) is 6.27. The van der Waals surface area contributed by atoms with Gasteiger partial charge >= 0.3 is 12.0 Å². The van der Waals surface area contributed by atoms with Crippen molar-refractivity contribution in [2.75, 3.05) is 11.9 Å².